The largest absolute Gasteiger partial charge is 0.342 e. The van der Waals surface area contributed by atoms with Crippen LogP contribution in [0.3, 0.4) is 0 Å². The van der Waals surface area contributed by atoms with Crippen LogP contribution in [0.15, 0.2) is 72.8 Å². The van der Waals surface area contributed by atoms with Crippen molar-refractivity contribution in [1.29, 1.82) is 0 Å². The number of piperidine rings is 1. The highest BCUT2D eigenvalue weighted by Crippen LogP contribution is 2.34. The fourth-order valence-corrected chi connectivity index (χ4v) is 4.84. The predicted molar refractivity (Wildman–Crippen MR) is 130 cm³/mol. The molecule has 0 saturated carbocycles. The zero-order valence-corrected chi connectivity index (χ0v) is 19.0. The van der Waals surface area contributed by atoms with Crippen molar-refractivity contribution in [3.63, 3.8) is 0 Å². The van der Waals surface area contributed by atoms with E-state index in [-0.39, 0.29) is 23.7 Å². The summed E-state index contributed by atoms with van der Waals surface area (Å²) < 4.78 is 16.3. The van der Waals surface area contributed by atoms with Gasteiger partial charge in [-0.25, -0.2) is 9.37 Å². The second kappa shape index (κ2) is 8.81. The van der Waals surface area contributed by atoms with E-state index in [1.165, 1.54) is 11.6 Å². The Labute approximate surface area is 193 Å². The first kappa shape index (κ1) is 21.4. The summed E-state index contributed by atoms with van der Waals surface area (Å²) in [6.45, 7) is 5.40. The molecular formula is C28H28FN3O. The summed E-state index contributed by atoms with van der Waals surface area (Å²) in [4.78, 5) is 20.0. The Morgan fingerprint density at radius 3 is 2.39 bits per heavy atom. The Kier molecular flexibility index (Phi) is 5.71. The average molecular weight is 442 g/mol. The van der Waals surface area contributed by atoms with Crippen LogP contribution in [0.25, 0.3) is 22.4 Å². The fourth-order valence-electron chi connectivity index (χ4n) is 4.84. The van der Waals surface area contributed by atoms with Crippen LogP contribution in [0.4, 0.5) is 4.39 Å². The number of carbonyl (C=O) groups is 1. The second-order valence-electron chi connectivity index (χ2n) is 8.99. The number of benzene rings is 3. The minimum atomic E-state index is -0.261. The van der Waals surface area contributed by atoms with Crippen LogP contribution >= 0.6 is 0 Å². The van der Waals surface area contributed by atoms with Crippen LogP contribution in [0.2, 0.25) is 0 Å². The maximum absolute atomic E-state index is 14.1. The lowest BCUT2D eigenvalue weighted by molar-refractivity contribution is -0.133. The summed E-state index contributed by atoms with van der Waals surface area (Å²) in [7, 11) is 0. The van der Waals surface area contributed by atoms with Gasteiger partial charge < -0.3 is 9.47 Å². The number of likely N-dealkylation sites (tertiary alicyclic amines) is 1. The number of fused-ring (bicyclic) bond motifs is 1. The van der Waals surface area contributed by atoms with Crippen molar-refractivity contribution in [3.8, 4) is 11.4 Å². The summed E-state index contributed by atoms with van der Waals surface area (Å²) in [5, 5.41) is 0. The van der Waals surface area contributed by atoms with Crippen LogP contribution < -0.4 is 0 Å². The lowest BCUT2D eigenvalue weighted by Crippen LogP contribution is -2.41. The molecular weight excluding hydrogens is 413 g/mol. The molecule has 1 atom stereocenters. The number of nitrogens with zero attached hydrogens (tertiary/aromatic N) is 3. The van der Waals surface area contributed by atoms with Gasteiger partial charge in [-0.1, -0.05) is 60.2 Å². The number of rotatable bonds is 4. The molecule has 1 aromatic heterocycles. The lowest BCUT2D eigenvalue weighted by atomic mass is 9.96. The Hall–Kier alpha value is -3.47. The first-order valence-electron chi connectivity index (χ1n) is 11.6. The van der Waals surface area contributed by atoms with E-state index in [4.69, 9.17) is 4.98 Å². The molecule has 4 nitrogen and oxygen atoms in total. The molecule has 5 rings (SSSR count). The number of aromatic nitrogens is 2. The van der Waals surface area contributed by atoms with Gasteiger partial charge in [0.1, 0.15) is 11.6 Å². The van der Waals surface area contributed by atoms with Gasteiger partial charge in [-0.05, 0) is 50.5 Å². The summed E-state index contributed by atoms with van der Waals surface area (Å²) in [6, 6.07) is 23.2. The topological polar surface area (TPSA) is 38.1 Å². The molecule has 1 fully saturated rings. The SMILES string of the molecule is Cc1ccc([C@H](C)C(=O)N2CCC(n3c(-c4ccccc4)nc4ccc(F)cc43)CC2)cc1. The molecule has 0 N–H and O–H groups in total. The van der Waals surface area contributed by atoms with Crippen LogP contribution in [0.5, 0.6) is 0 Å². The Morgan fingerprint density at radius 1 is 1.00 bits per heavy atom. The number of halogens is 1. The standard InChI is InChI=1S/C28H28FN3O/c1-19-8-10-21(11-9-19)20(2)28(33)31-16-14-24(15-17-31)32-26-18-23(29)12-13-25(26)30-27(32)22-6-4-3-5-7-22/h3-13,18,20,24H,14-17H2,1-2H3/t20-/m0/s1. The second-order valence-corrected chi connectivity index (χ2v) is 8.99. The van der Waals surface area contributed by atoms with Crippen molar-refractivity contribution < 1.29 is 9.18 Å². The third kappa shape index (κ3) is 4.15. The Morgan fingerprint density at radius 2 is 1.70 bits per heavy atom. The number of aryl methyl sites for hydroxylation is 1. The Bertz CT molecular complexity index is 1270. The smallest absolute Gasteiger partial charge is 0.229 e. The number of carbonyl (C=O) groups excluding carboxylic acids is 1. The first-order chi connectivity index (χ1) is 16.0. The van der Waals surface area contributed by atoms with Crippen LogP contribution in [-0.4, -0.2) is 33.4 Å². The molecule has 168 valence electrons. The van der Waals surface area contributed by atoms with Crippen LogP contribution in [-0.2, 0) is 4.79 Å². The highest BCUT2D eigenvalue weighted by atomic mass is 19.1. The van der Waals surface area contributed by atoms with E-state index in [2.05, 4.69) is 23.6 Å². The number of hydrogen-bond donors (Lipinski definition) is 0. The van der Waals surface area contributed by atoms with Crippen molar-refractivity contribution >= 4 is 16.9 Å². The third-order valence-corrected chi connectivity index (χ3v) is 6.77. The van der Waals surface area contributed by atoms with Gasteiger partial charge >= 0.3 is 0 Å². The van der Waals surface area contributed by atoms with E-state index >= 15 is 0 Å². The minimum absolute atomic E-state index is 0.158. The molecule has 33 heavy (non-hydrogen) atoms. The molecule has 4 aromatic rings. The lowest BCUT2D eigenvalue weighted by Gasteiger charge is -2.35. The zero-order chi connectivity index (χ0) is 22.9. The number of amides is 1. The van der Waals surface area contributed by atoms with E-state index in [0.717, 1.165) is 40.8 Å². The highest BCUT2D eigenvalue weighted by molar-refractivity contribution is 5.84. The van der Waals surface area contributed by atoms with Gasteiger partial charge in [0, 0.05) is 24.7 Å². The van der Waals surface area contributed by atoms with Gasteiger partial charge in [0.25, 0.3) is 0 Å². The fraction of sp³-hybridized carbons (Fsp3) is 0.286. The molecule has 1 amide bonds. The van der Waals surface area contributed by atoms with Crippen molar-refractivity contribution in [1.82, 2.24) is 14.5 Å². The molecule has 0 spiro atoms. The zero-order valence-electron chi connectivity index (χ0n) is 19.0. The predicted octanol–water partition coefficient (Wildman–Crippen LogP) is 6.12. The quantitative estimate of drug-likeness (QED) is 0.383. The molecule has 0 unspecified atom stereocenters. The summed E-state index contributed by atoms with van der Waals surface area (Å²) in [5.41, 5.74) is 4.86. The minimum Gasteiger partial charge on any atom is -0.342 e. The molecule has 0 aliphatic carbocycles. The molecule has 1 aliphatic rings. The van der Waals surface area contributed by atoms with Gasteiger partial charge in [-0.3, -0.25) is 4.79 Å². The van der Waals surface area contributed by atoms with Gasteiger partial charge in [0.05, 0.1) is 17.0 Å². The monoisotopic (exact) mass is 441 g/mol. The number of imidazole rings is 1. The normalized spacial score (nSPS) is 15.7. The summed E-state index contributed by atoms with van der Waals surface area (Å²) in [5.74, 6) is 0.601. The summed E-state index contributed by atoms with van der Waals surface area (Å²) in [6.07, 6.45) is 1.63. The molecule has 1 aliphatic heterocycles. The maximum Gasteiger partial charge on any atom is 0.229 e. The van der Waals surface area contributed by atoms with E-state index in [0.29, 0.717) is 13.1 Å². The summed E-state index contributed by atoms with van der Waals surface area (Å²) >= 11 is 0. The number of hydrogen-bond acceptors (Lipinski definition) is 2. The van der Waals surface area contributed by atoms with Crippen LogP contribution in [0.1, 0.15) is 42.9 Å². The molecule has 5 heteroatoms. The molecule has 0 radical (unpaired) electrons. The van der Waals surface area contributed by atoms with Crippen molar-refractivity contribution in [3.05, 3.63) is 89.7 Å². The van der Waals surface area contributed by atoms with E-state index in [1.807, 2.05) is 54.3 Å². The van der Waals surface area contributed by atoms with Crippen LogP contribution in [0, 0.1) is 12.7 Å². The molecule has 1 saturated heterocycles. The average Bonchev–Trinajstić information content (AvgIpc) is 3.23. The first-order valence-corrected chi connectivity index (χ1v) is 11.6. The maximum atomic E-state index is 14.1. The van der Waals surface area contributed by atoms with Crippen molar-refractivity contribution in [2.45, 2.75) is 38.6 Å². The van der Waals surface area contributed by atoms with E-state index < -0.39 is 0 Å². The van der Waals surface area contributed by atoms with Gasteiger partial charge in [-0.2, -0.15) is 0 Å². The molecule has 2 heterocycles. The molecule has 0 bridgehead atoms. The van der Waals surface area contributed by atoms with Crippen molar-refractivity contribution in [2.24, 2.45) is 0 Å². The van der Waals surface area contributed by atoms with Gasteiger partial charge in [0.2, 0.25) is 5.91 Å². The van der Waals surface area contributed by atoms with Gasteiger partial charge in [-0.15, -0.1) is 0 Å². The van der Waals surface area contributed by atoms with E-state index in [1.54, 1.807) is 12.1 Å². The Balaban J connectivity index is 1.40. The van der Waals surface area contributed by atoms with Gasteiger partial charge in [0.15, 0.2) is 0 Å². The highest BCUT2D eigenvalue weighted by Gasteiger charge is 2.29. The third-order valence-electron chi connectivity index (χ3n) is 6.77. The molecule has 3 aromatic carbocycles. The van der Waals surface area contributed by atoms with Crippen molar-refractivity contribution in [2.75, 3.05) is 13.1 Å². The van der Waals surface area contributed by atoms with E-state index in [9.17, 15) is 9.18 Å².